The molecular weight excluding hydrogens is 488 g/mol. The van der Waals surface area contributed by atoms with Gasteiger partial charge in [0.2, 0.25) is 5.78 Å². The van der Waals surface area contributed by atoms with Crippen LogP contribution in [0, 0.1) is 13.8 Å². The molecule has 1 atom stereocenters. The van der Waals surface area contributed by atoms with E-state index in [1.54, 1.807) is 35.7 Å². The van der Waals surface area contributed by atoms with Gasteiger partial charge in [0, 0.05) is 17.3 Å². The Bertz CT molecular complexity index is 1420. The molecule has 4 heterocycles. The van der Waals surface area contributed by atoms with Crippen LogP contribution in [0.2, 0.25) is 0 Å². The van der Waals surface area contributed by atoms with Gasteiger partial charge in [-0.15, -0.1) is 0 Å². The molecule has 0 bridgehead atoms. The fourth-order valence-electron chi connectivity index (χ4n) is 5.46. The Labute approximate surface area is 221 Å². The summed E-state index contributed by atoms with van der Waals surface area (Å²) in [5, 5.41) is 14.2. The van der Waals surface area contributed by atoms with Crippen LogP contribution in [0.4, 0.5) is 0 Å². The minimum atomic E-state index is -0.928. The number of benzene rings is 1. The zero-order valence-electron chi connectivity index (χ0n) is 22.1. The third kappa shape index (κ3) is 4.29. The first kappa shape index (κ1) is 25.7. The van der Waals surface area contributed by atoms with Crippen molar-refractivity contribution in [3.63, 3.8) is 0 Å². The van der Waals surface area contributed by atoms with Gasteiger partial charge in [0.15, 0.2) is 11.5 Å². The molecule has 1 amide bonds. The van der Waals surface area contributed by atoms with Crippen LogP contribution in [0.3, 0.4) is 0 Å². The number of carbonyl (C=O) groups excluding carboxylic acids is 2. The number of ketones is 1. The Kier molecular flexibility index (Phi) is 7.09. The minimum absolute atomic E-state index is 0.107. The zero-order chi connectivity index (χ0) is 27.0. The van der Waals surface area contributed by atoms with Crippen LogP contribution in [0.15, 0.2) is 42.1 Å². The van der Waals surface area contributed by atoms with Crippen molar-refractivity contribution in [3.8, 4) is 11.5 Å². The van der Waals surface area contributed by atoms with Crippen molar-refractivity contribution < 1.29 is 33.8 Å². The number of fused-ring (bicyclic) bond motifs is 1. The first-order valence-electron chi connectivity index (χ1n) is 12.7. The van der Waals surface area contributed by atoms with Gasteiger partial charge in [0.25, 0.3) is 5.91 Å². The number of pyridine rings is 1. The monoisotopic (exact) mass is 520 g/mol. The maximum atomic E-state index is 14.2. The number of imidazole rings is 1. The summed E-state index contributed by atoms with van der Waals surface area (Å²) in [4.78, 5) is 34.4. The lowest BCUT2D eigenvalue weighted by atomic mass is 9.95. The normalized spacial score (nSPS) is 19.9. The van der Waals surface area contributed by atoms with Gasteiger partial charge in [0.05, 0.1) is 58.0 Å². The molecule has 10 heteroatoms. The van der Waals surface area contributed by atoms with Crippen molar-refractivity contribution in [1.29, 1.82) is 0 Å². The highest BCUT2D eigenvalue weighted by atomic mass is 16.5. The second-order valence-electron chi connectivity index (χ2n) is 9.60. The Hall–Kier alpha value is -3.89. The topological polar surface area (TPSA) is 110 Å². The lowest BCUT2D eigenvalue weighted by molar-refractivity contribution is -0.907. The molecule has 0 radical (unpaired) electrons. The van der Waals surface area contributed by atoms with Gasteiger partial charge in [-0.2, -0.15) is 0 Å². The summed E-state index contributed by atoms with van der Waals surface area (Å²) in [6, 6.07) is 8.08. The van der Waals surface area contributed by atoms with E-state index in [-0.39, 0.29) is 11.3 Å². The van der Waals surface area contributed by atoms with Crippen LogP contribution in [-0.2, 0) is 14.3 Å². The second-order valence-corrected chi connectivity index (χ2v) is 9.60. The fourth-order valence-corrected chi connectivity index (χ4v) is 5.46. The molecular formula is C28H32N4O6. The Morgan fingerprint density at radius 2 is 1.89 bits per heavy atom. The summed E-state index contributed by atoms with van der Waals surface area (Å²) in [6.07, 6.45) is 1.75. The van der Waals surface area contributed by atoms with Gasteiger partial charge in [-0.25, -0.2) is 4.98 Å². The van der Waals surface area contributed by atoms with Crippen LogP contribution in [0.25, 0.3) is 11.4 Å². The minimum Gasteiger partial charge on any atom is -0.871 e. The van der Waals surface area contributed by atoms with Crippen molar-refractivity contribution in [1.82, 2.24) is 14.3 Å². The number of ether oxygens (including phenoxy) is 3. The molecule has 1 unspecified atom stereocenters. The van der Waals surface area contributed by atoms with Crippen molar-refractivity contribution in [2.24, 2.45) is 0 Å². The summed E-state index contributed by atoms with van der Waals surface area (Å²) in [5.74, 6) is -1.19. The standard InChI is InChI=1S/C28H32N4O6/c1-17-7-6-10-31-22(18(2)29-27(17)31)24(33)21-23(19-8-5-9-20(36-3)26(19)37-4)32(28(35)25(21)34)12-11-30-13-15-38-16-14-30/h5-10,23,33H,11-16H2,1-4H3. The van der Waals surface area contributed by atoms with Crippen LogP contribution in [0.5, 0.6) is 11.5 Å². The van der Waals surface area contributed by atoms with Gasteiger partial charge in [-0.1, -0.05) is 24.0 Å². The molecule has 10 nitrogen and oxygen atoms in total. The lowest BCUT2D eigenvalue weighted by Gasteiger charge is -2.31. The number of nitrogens with zero attached hydrogens (tertiary/aromatic N) is 3. The average Bonchev–Trinajstić information content (AvgIpc) is 3.40. The Morgan fingerprint density at radius 1 is 1.13 bits per heavy atom. The Morgan fingerprint density at radius 3 is 2.61 bits per heavy atom. The van der Waals surface area contributed by atoms with E-state index in [1.165, 1.54) is 24.0 Å². The number of rotatable bonds is 7. The molecule has 2 saturated heterocycles. The summed E-state index contributed by atoms with van der Waals surface area (Å²) >= 11 is 0. The van der Waals surface area contributed by atoms with Crippen LogP contribution in [0.1, 0.15) is 28.6 Å². The molecule has 2 aromatic heterocycles. The molecule has 2 aliphatic heterocycles. The molecule has 1 N–H and O–H groups in total. The number of methoxy groups -OCH3 is 2. The van der Waals surface area contributed by atoms with Crippen molar-refractivity contribution in [3.05, 3.63) is 64.6 Å². The number of aromatic nitrogens is 2. The SMILES string of the molecule is COc1cccc(C2C(=C([O-])c3c(C)nc4c(C)cccn34)C(=O)C(=O)N2CC[NH+]2CCOCC2)c1OC. The number of hydrogen-bond acceptors (Lipinski definition) is 7. The highest BCUT2D eigenvalue weighted by Crippen LogP contribution is 2.45. The maximum Gasteiger partial charge on any atom is 0.295 e. The van der Waals surface area contributed by atoms with Crippen LogP contribution in [-0.4, -0.2) is 79.6 Å². The first-order valence-corrected chi connectivity index (χ1v) is 12.7. The van der Waals surface area contributed by atoms with Crippen LogP contribution >= 0.6 is 0 Å². The number of Topliss-reactive ketones (excluding diaryl/α,β-unsaturated/α-hetero) is 1. The molecule has 2 fully saturated rings. The number of quaternary nitrogens is 1. The zero-order valence-corrected chi connectivity index (χ0v) is 22.1. The number of carbonyl (C=O) groups is 2. The maximum absolute atomic E-state index is 14.2. The molecule has 38 heavy (non-hydrogen) atoms. The second kappa shape index (κ2) is 10.5. The van der Waals surface area contributed by atoms with E-state index < -0.39 is 23.5 Å². The molecule has 2 aliphatic rings. The van der Waals surface area contributed by atoms with E-state index in [2.05, 4.69) is 4.98 Å². The number of likely N-dealkylation sites (tertiary alicyclic amines) is 1. The molecule has 5 rings (SSSR count). The number of nitrogens with one attached hydrogen (secondary N) is 1. The highest BCUT2D eigenvalue weighted by Gasteiger charge is 2.46. The van der Waals surface area contributed by atoms with Crippen molar-refractivity contribution >= 4 is 23.1 Å². The number of morpholine rings is 1. The lowest BCUT2D eigenvalue weighted by Crippen LogP contribution is -3.14. The molecule has 200 valence electrons. The summed E-state index contributed by atoms with van der Waals surface area (Å²) in [7, 11) is 3.02. The van der Waals surface area contributed by atoms with Gasteiger partial charge in [-0.05, 0) is 31.5 Å². The van der Waals surface area contributed by atoms with Crippen molar-refractivity contribution in [2.45, 2.75) is 19.9 Å². The fraction of sp³-hybridized carbons (Fsp3) is 0.393. The third-order valence-electron chi connectivity index (χ3n) is 7.40. The predicted molar refractivity (Wildman–Crippen MR) is 137 cm³/mol. The quantitative estimate of drug-likeness (QED) is 0.268. The van der Waals surface area contributed by atoms with Crippen LogP contribution < -0.4 is 19.5 Å². The Balaban J connectivity index is 1.68. The van der Waals surface area contributed by atoms with E-state index in [1.807, 2.05) is 19.1 Å². The summed E-state index contributed by atoms with van der Waals surface area (Å²) < 4.78 is 18.3. The largest absolute Gasteiger partial charge is 0.871 e. The third-order valence-corrected chi connectivity index (χ3v) is 7.40. The highest BCUT2D eigenvalue weighted by molar-refractivity contribution is 6.46. The summed E-state index contributed by atoms with van der Waals surface area (Å²) in [5.41, 5.74) is 2.71. The molecule has 0 aliphatic carbocycles. The predicted octanol–water partition coefficient (Wildman–Crippen LogP) is 0.107. The van der Waals surface area contributed by atoms with E-state index in [0.29, 0.717) is 54.7 Å². The molecule has 0 spiro atoms. The number of amides is 1. The molecule has 0 saturated carbocycles. The van der Waals surface area contributed by atoms with Gasteiger partial charge >= 0.3 is 0 Å². The number of para-hydroxylation sites is 1. The number of hydrogen-bond donors (Lipinski definition) is 1. The van der Waals surface area contributed by atoms with E-state index in [9.17, 15) is 14.7 Å². The van der Waals surface area contributed by atoms with Gasteiger partial charge in [0.1, 0.15) is 18.7 Å². The van der Waals surface area contributed by atoms with E-state index in [0.717, 1.165) is 18.7 Å². The first-order chi connectivity index (χ1) is 18.4. The van der Waals surface area contributed by atoms with Crippen molar-refractivity contribution in [2.75, 3.05) is 53.6 Å². The number of aryl methyl sites for hydroxylation is 2. The average molecular weight is 521 g/mol. The summed E-state index contributed by atoms with van der Waals surface area (Å²) in [6.45, 7) is 7.51. The molecule has 1 aromatic carbocycles. The van der Waals surface area contributed by atoms with Gasteiger partial charge < -0.3 is 33.5 Å². The van der Waals surface area contributed by atoms with Gasteiger partial charge in [-0.3, -0.25) is 9.59 Å². The molecule has 3 aromatic rings. The van der Waals surface area contributed by atoms with E-state index in [4.69, 9.17) is 14.2 Å². The van der Waals surface area contributed by atoms with E-state index >= 15 is 0 Å². The smallest absolute Gasteiger partial charge is 0.295 e.